The van der Waals surface area contributed by atoms with Crippen molar-refractivity contribution in [3.63, 3.8) is 0 Å². The molecule has 0 amide bonds. The van der Waals surface area contributed by atoms with Crippen LogP contribution in [-0.2, 0) is 6.42 Å². The van der Waals surface area contributed by atoms with E-state index in [-0.39, 0.29) is 0 Å². The Bertz CT molecular complexity index is 766. The highest BCUT2D eigenvalue weighted by Crippen LogP contribution is 2.26. The molecule has 0 atom stereocenters. The third-order valence-electron chi connectivity index (χ3n) is 2.94. The molecule has 6 heteroatoms. The number of benzene rings is 2. The van der Waals surface area contributed by atoms with Gasteiger partial charge in [-0.3, -0.25) is 0 Å². The van der Waals surface area contributed by atoms with Crippen LogP contribution in [0.2, 0.25) is 0 Å². The minimum absolute atomic E-state index is 0.463. The molecule has 1 heterocycles. The van der Waals surface area contributed by atoms with Gasteiger partial charge in [0.1, 0.15) is 0 Å². The number of nitrogens with two attached hydrogens (primary N) is 1. The van der Waals surface area contributed by atoms with Gasteiger partial charge >= 0.3 is 0 Å². The van der Waals surface area contributed by atoms with Gasteiger partial charge in [0.15, 0.2) is 5.82 Å². The van der Waals surface area contributed by atoms with E-state index >= 15 is 0 Å². The van der Waals surface area contributed by atoms with Gasteiger partial charge in [-0.25, -0.2) is 0 Å². The number of rotatable bonds is 3. The fraction of sp³-hybridized carbons (Fsp3) is 0.0667. The summed E-state index contributed by atoms with van der Waals surface area (Å²) in [5, 5.41) is 4.03. The summed E-state index contributed by atoms with van der Waals surface area (Å²) >= 11 is 6.92. The average molecular weight is 409 g/mol. The first kappa shape index (κ1) is 14.3. The summed E-state index contributed by atoms with van der Waals surface area (Å²) in [5.41, 5.74) is 8.37. The second-order valence-corrected chi connectivity index (χ2v) is 6.33. The number of aromatic nitrogens is 2. The molecule has 1 aromatic heterocycles. The molecule has 0 fully saturated rings. The SMILES string of the molecule is Nc1cc(Br)cc(-c2nc(Cc3ccccc3Br)no2)c1. The predicted molar refractivity (Wildman–Crippen MR) is 88.8 cm³/mol. The van der Waals surface area contributed by atoms with Gasteiger partial charge in [0, 0.05) is 26.6 Å². The summed E-state index contributed by atoms with van der Waals surface area (Å²) in [6.45, 7) is 0. The topological polar surface area (TPSA) is 64.9 Å². The first-order chi connectivity index (χ1) is 10.1. The minimum Gasteiger partial charge on any atom is -0.399 e. The van der Waals surface area contributed by atoms with Gasteiger partial charge in [-0.15, -0.1) is 0 Å². The average Bonchev–Trinajstić information content (AvgIpc) is 2.89. The van der Waals surface area contributed by atoms with Crippen LogP contribution < -0.4 is 5.73 Å². The Kier molecular flexibility index (Phi) is 4.07. The van der Waals surface area contributed by atoms with Crippen molar-refractivity contribution in [1.29, 1.82) is 0 Å². The van der Waals surface area contributed by atoms with Crippen LogP contribution in [0.15, 0.2) is 55.9 Å². The van der Waals surface area contributed by atoms with E-state index in [1.165, 1.54) is 0 Å². The Labute approximate surface area is 138 Å². The minimum atomic E-state index is 0.463. The Hall–Kier alpha value is -1.66. The van der Waals surface area contributed by atoms with E-state index in [2.05, 4.69) is 42.0 Å². The molecule has 106 valence electrons. The lowest BCUT2D eigenvalue weighted by molar-refractivity contribution is 0.424. The van der Waals surface area contributed by atoms with E-state index in [4.69, 9.17) is 10.3 Å². The van der Waals surface area contributed by atoms with E-state index < -0.39 is 0 Å². The number of nitrogen functional groups attached to an aromatic ring is 1. The smallest absolute Gasteiger partial charge is 0.258 e. The van der Waals surface area contributed by atoms with Gasteiger partial charge in [-0.1, -0.05) is 55.2 Å². The number of nitrogens with zero attached hydrogens (tertiary/aromatic N) is 2. The molecule has 0 radical (unpaired) electrons. The summed E-state index contributed by atoms with van der Waals surface area (Å²) < 4.78 is 7.23. The molecule has 3 rings (SSSR count). The molecule has 21 heavy (non-hydrogen) atoms. The number of halogens is 2. The van der Waals surface area contributed by atoms with Crippen LogP contribution in [0.25, 0.3) is 11.5 Å². The zero-order chi connectivity index (χ0) is 14.8. The molecule has 0 aliphatic rings. The van der Waals surface area contributed by atoms with Crippen molar-refractivity contribution in [2.75, 3.05) is 5.73 Å². The first-order valence-electron chi connectivity index (χ1n) is 6.24. The first-order valence-corrected chi connectivity index (χ1v) is 7.83. The monoisotopic (exact) mass is 407 g/mol. The summed E-state index contributed by atoms with van der Waals surface area (Å²) in [6, 6.07) is 13.5. The molecule has 2 aromatic carbocycles. The van der Waals surface area contributed by atoms with Crippen molar-refractivity contribution < 1.29 is 4.52 Å². The highest BCUT2D eigenvalue weighted by Gasteiger charge is 2.11. The van der Waals surface area contributed by atoms with Crippen LogP contribution in [0, 0.1) is 0 Å². The van der Waals surface area contributed by atoms with Crippen LogP contribution in [0.4, 0.5) is 5.69 Å². The van der Waals surface area contributed by atoms with Gasteiger partial charge in [0.25, 0.3) is 5.89 Å². The lowest BCUT2D eigenvalue weighted by Crippen LogP contribution is -1.92. The molecule has 0 saturated carbocycles. The Morgan fingerprint density at radius 1 is 1.10 bits per heavy atom. The molecule has 4 nitrogen and oxygen atoms in total. The highest BCUT2D eigenvalue weighted by atomic mass is 79.9. The number of anilines is 1. The van der Waals surface area contributed by atoms with Crippen molar-refractivity contribution >= 4 is 37.5 Å². The van der Waals surface area contributed by atoms with Crippen LogP contribution >= 0.6 is 31.9 Å². The van der Waals surface area contributed by atoms with Crippen LogP contribution in [0.1, 0.15) is 11.4 Å². The maximum absolute atomic E-state index is 5.82. The third-order valence-corrected chi connectivity index (χ3v) is 4.17. The Balaban J connectivity index is 1.88. The molecule has 0 aliphatic carbocycles. The fourth-order valence-corrected chi connectivity index (χ4v) is 2.93. The van der Waals surface area contributed by atoms with Gasteiger partial charge in [-0.05, 0) is 29.8 Å². The van der Waals surface area contributed by atoms with Crippen molar-refractivity contribution in [3.05, 3.63) is 62.8 Å². The highest BCUT2D eigenvalue weighted by molar-refractivity contribution is 9.10. The lowest BCUT2D eigenvalue weighted by atomic mass is 10.1. The molecular formula is C15H11Br2N3O. The van der Waals surface area contributed by atoms with Gasteiger partial charge in [0.05, 0.1) is 0 Å². The maximum atomic E-state index is 5.82. The number of hydrogen-bond donors (Lipinski definition) is 1. The quantitative estimate of drug-likeness (QED) is 0.650. The normalized spacial score (nSPS) is 10.8. The van der Waals surface area contributed by atoms with Crippen molar-refractivity contribution in [2.45, 2.75) is 6.42 Å². The number of hydrogen-bond acceptors (Lipinski definition) is 4. The predicted octanol–water partition coefficient (Wildman–Crippen LogP) is 4.43. The summed E-state index contributed by atoms with van der Waals surface area (Å²) in [5.74, 6) is 1.10. The van der Waals surface area contributed by atoms with Gasteiger partial charge in [-0.2, -0.15) is 4.98 Å². The standard InChI is InChI=1S/C15H11Br2N3O/c16-11-5-10(6-12(18)8-11)15-19-14(20-21-15)7-9-3-1-2-4-13(9)17/h1-6,8H,7,18H2. The third kappa shape index (κ3) is 3.33. The van der Waals surface area contributed by atoms with E-state index in [1.54, 1.807) is 6.07 Å². The summed E-state index contributed by atoms with van der Waals surface area (Å²) in [4.78, 5) is 4.42. The summed E-state index contributed by atoms with van der Waals surface area (Å²) in [6.07, 6.45) is 0.606. The van der Waals surface area contributed by atoms with Crippen LogP contribution in [0.5, 0.6) is 0 Å². The Morgan fingerprint density at radius 2 is 1.90 bits per heavy atom. The zero-order valence-electron chi connectivity index (χ0n) is 10.9. The Morgan fingerprint density at radius 3 is 2.67 bits per heavy atom. The van der Waals surface area contributed by atoms with Gasteiger partial charge in [0.2, 0.25) is 0 Å². The van der Waals surface area contributed by atoms with Crippen LogP contribution in [0.3, 0.4) is 0 Å². The molecule has 0 unspecified atom stereocenters. The second-order valence-electron chi connectivity index (χ2n) is 4.56. The van der Waals surface area contributed by atoms with Crippen LogP contribution in [-0.4, -0.2) is 10.1 Å². The van der Waals surface area contributed by atoms with Crippen molar-refractivity contribution in [3.8, 4) is 11.5 Å². The summed E-state index contributed by atoms with van der Waals surface area (Å²) in [7, 11) is 0. The van der Waals surface area contributed by atoms with Crippen molar-refractivity contribution in [2.24, 2.45) is 0 Å². The molecule has 0 saturated heterocycles. The van der Waals surface area contributed by atoms with E-state index in [0.717, 1.165) is 20.1 Å². The fourth-order valence-electron chi connectivity index (χ4n) is 1.99. The molecular weight excluding hydrogens is 398 g/mol. The lowest BCUT2D eigenvalue weighted by Gasteiger charge is -2.00. The molecule has 3 aromatic rings. The molecule has 0 aliphatic heterocycles. The largest absolute Gasteiger partial charge is 0.399 e. The van der Waals surface area contributed by atoms with E-state index in [0.29, 0.717) is 23.8 Å². The molecule has 0 spiro atoms. The van der Waals surface area contributed by atoms with Crippen molar-refractivity contribution in [1.82, 2.24) is 10.1 Å². The van der Waals surface area contributed by atoms with E-state index in [9.17, 15) is 0 Å². The molecule has 2 N–H and O–H groups in total. The molecule has 0 bridgehead atoms. The maximum Gasteiger partial charge on any atom is 0.258 e. The second kappa shape index (κ2) is 5.99. The van der Waals surface area contributed by atoms with E-state index in [1.807, 2.05) is 36.4 Å². The zero-order valence-corrected chi connectivity index (χ0v) is 14.1. The van der Waals surface area contributed by atoms with Gasteiger partial charge < -0.3 is 10.3 Å².